The zero-order valence-corrected chi connectivity index (χ0v) is 12.9. The number of halogens is 1. The van der Waals surface area contributed by atoms with Crippen molar-refractivity contribution in [3.8, 4) is 0 Å². The van der Waals surface area contributed by atoms with E-state index in [9.17, 15) is 19.1 Å². The second kappa shape index (κ2) is 6.48. The summed E-state index contributed by atoms with van der Waals surface area (Å²) in [5.41, 5.74) is 0.418. The number of carbonyl (C=O) groups excluding carboxylic acids is 1. The molecule has 25 heavy (non-hydrogen) atoms. The lowest BCUT2D eigenvalue weighted by Gasteiger charge is -2.00. The summed E-state index contributed by atoms with van der Waals surface area (Å²) in [7, 11) is 1.25. The fourth-order valence-corrected chi connectivity index (χ4v) is 2.16. The van der Waals surface area contributed by atoms with Crippen LogP contribution >= 0.6 is 0 Å². The Kier molecular flexibility index (Phi) is 4.21. The number of azo groups is 1. The molecule has 0 saturated heterocycles. The third-order valence-corrected chi connectivity index (χ3v) is 3.29. The van der Waals surface area contributed by atoms with Gasteiger partial charge in [0.25, 0.3) is 0 Å². The topological polar surface area (TPSA) is 106 Å². The molecule has 3 aromatic rings. The Labute approximate surface area is 140 Å². The quantitative estimate of drug-likeness (QED) is 0.578. The number of nitrogens with zero attached hydrogens (tertiary/aromatic N) is 4. The van der Waals surface area contributed by atoms with E-state index >= 15 is 0 Å². The van der Waals surface area contributed by atoms with Crippen molar-refractivity contribution in [3.05, 3.63) is 59.7 Å². The summed E-state index contributed by atoms with van der Waals surface area (Å²) in [5.74, 6) is -2.57. The minimum Gasteiger partial charge on any atom is -0.476 e. The summed E-state index contributed by atoms with van der Waals surface area (Å²) < 4.78 is 19.3. The van der Waals surface area contributed by atoms with Crippen LogP contribution in [0.15, 0.2) is 52.8 Å². The average molecular weight is 342 g/mol. The number of methoxy groups -OCH3 is 1. The van der Waals surface area contributed by atoms with E-state index in [0.717, 1.165) is 12.3 Å². The lowest BCUT2D eigenvalue weighted by molar-refractivity contribution is 0.0600. The van der Waals surface area contributed by atoms with Crippen molar-refractivity contribution in [1.29, 1.82) is 0 Å². The van der Waals surface area contributed by atoms with Gasteiger partial charge in [-0.1, -0.05) is 6.07 Å². The summed E-state index contributed by atoms with van der Waals surface area (Å²) in [6.45, 7) is 0. The Bertz CT molecular complexity index is 1010. The molecule has 0 bridgehead atoms. The molecule has 0 aliphatic heterocycles. The number of esters is 1. The van der Waals surface area contributed by atoms with Crippen LogP contribution in [0.4, 0.5) is 15.9 Å². The van der Waals surface area contributed by atoms with Crippen LogP contribution in [0.1, 0.15) is 20.8 Å². The molecular weight excluding hydrogens is 331 g/mol. The maximum absolute atomic E-state index is 13.5. The maximum atomic E-state index is 13.5. The largest absolute Gasteiger partial charge is 0.476 e. The van der Waals surface area contributed by atoms with E-state index in [1.54, 1.807) is 12.1 Å². The van der Waals surface area contributed by atoms with Gasteiger partial charge in [-0.25, -0.2) is 19.0 Å². The van der Waals surface area contributed by atoms with E-state index in [0.29, 0.717) is 5.69 Å². The highest BCUT2D eigenvalue weighted by Crippen LogP contribution is 2.25. The molecule has 0 spiro atoms. The second-order valence-electron chi connectivity index (χ2n) is 4.91. The van der Waals surface area contributed by atoms with Crippen molar-refractivity contribution < 1.29 is 23.8 Å². The molecule has 0 fully saturated rings. The van der Waals surface area contributed by atoms with Gasteiger partial charge in [-0.15, -0.1) is 10.2 Å². The minimum absolute atomic E-state index is 0.134. The van der Waals surface area contributed by atoms with Crippen LogP contribution in [0.2, 0.25) is 0 Å². The van der Waals surface area contributed by atoms with Crippen LogP contribution in [0, 0.1) is 5.82 Å². The molecule has 0 aliphatic rings. The van der Waals surface area contributed by atoms with Crippen molar-refractivity contribution >= 4 is 29.1 Å². The van der Waals surface area contributed by atoms with Gasteiger partial charge in [0.2, 0.25) is 0 Å². The van der Waals surface area contributed by atoms with Gasteiger partial charge < -0.3 is 9.84 Å². The molecule has 3 rings (SSSR count). The highest BCUT2D eigenvalue weighted by molar-refractivity contribution is 5.92. The Morgan fingerprint density at radius 1 is 1.24 bits per heavy atom. The maximum Gasteiger partial charge on any atom is 0.358 e. The molecule has 1 N–H and O–H groups in total. The molecule has 0 unspecified atom stereocenters. The molecule has 0 atom stereocenters. The number of rotatable bonds is 4. The van der Waals surface area contributed by atoms with Gasteiger partial charge in [0.15, 0.2) is 11.5 Å². The molecule has 1 aromatic carbocycles. The SMILES string of the molecule is COC(=O)c1cccc(N=Nc2c(C(=O)O)nc3ccc(F)cn23)c1. The van der Waals surface area contributed by atoms with Crippen molar-refractivity contribution in [3.63, 3.8) is 0 Å². The Balaban J connectivity index is 2.06. The van der Waals surface area contributed by atoms with Gasteiger partial charge in [0.05, 0.1) is 18.4 Å². The van der Waals surface area contributed by atoms with Crippen molar-refractivity contribution in [2.75, 3.05) is 7.11 Å². The number of aromatic nitrogens is 2. The monoisotopic (exact) mass is 342 g/mol. The van der Waals surface area contributed by atoms with E-state index in [1.165, 1.54) is 29.7 Å². The first-order chi connectivity index (χ1) is 12.0. The number of pyridine rings is 1. The summed E-state index contributed by atoms with van der Waals surface area (Å²) in [5, 5.41) is 17.0. The van der Waals surface area contributed by atoms with Crippen molar-refractivity contribution in [2.45, 2.75) is 0 Å². The molecule has 2 aromatic heterocycles. The summed E-state index contributed by atoms with van der Waals surface area (Å²) >= 11 is 0. The zero-order valence-electron chi connectivity index (χ0n) is 12.9. The lowest BCUT2D eigenvalue weighted by Crippen LogP contribution is -1.99. The van der Waals surface area contributed by atoms with Gasteiger partial charge >= 0.3 is 11.9 Å². The molecule has 0 radical (unpaired) electrons. The average Bonchev–Trinajstić information content (AvgIpc) is 2.97. The first kappa shape index (κ1) is 16.2. The molecule has 0 aliphatic carbocycles. The van der Waals surface area contributed by atoms with Gasteiger partial charge in [0.1, 0.15) is 11.5 Å². The number of hydrogen-bond acceptors (Lipinski definition) is 6. The van der Waals surface area contributed by atoms with Crippen LogP contribution in [0.25, 0.3) is 5.65 Å². The number of carboxylic acid groups (broad SMARTS) is 1. The van der Waals surface area contributed by atoms with Crippen LogP contribution in [0.5, 0.6) is 0 Å². The lowest BCUT2D eigenvalue weighted by atomic mass is 10.2. The third-order valence-electron chi connectivity index (χ3n) is 3.29. The Morgan fingerprint density at radius 2 is 2.04 bits per heavy atom. The van der Waals surface area contributed by atoms with E-state index in [-0.39, 0.29) is 22.7 Å². The van der Waals surface area contributed by atoms with Gasteiger partial charge in [0, 0.05) is 6.20 Å². The number of aromatic carboxylic acids is 1. The predicted octanol–water partition coefficient (Wildman–Crippen LogP) is 3.37. The normalized spacial score (nSPS) is 11.1. The molecule has 9 heteroatoms. The number of benzene rings is 1. The van der Waals surface area contributed by atoms with E-state index in [4.69, 9.17) is 0 Å². The Hall–Kier alpha value is -3.62. The zero-order chi connectivity index (χ0) is 18.0. The first-order valence-electron chi connectivity index (χ1n) is 7.00. The first-order valence-corrected chi connectivity index (χ1v) is 7.00. The molecule has 126 valence electrons. The highest BCUT2D eigenvalue weighted by atomic mass is 19.1. The summed E-state index contributed by atoms with van der Waals surface area (Å²) in [6, 6.07) is 8.61. The number of hydrogen-bond donors (Lipinski definition) is 1. The fraction of sp³-hybridized carbons (Fsp3) is 0.0625. The van der Waals surface area contributed by atoms with Crippen LogP contribution in [-0.2, 0) is 4.74 Å². The van der Waals surface area contributed by atoms with Gasteiger partial charge in [-0.05, 0) is 30.3 Å². The number of imidazole rings is 1. The van der Waals surface area contributed by atoms with Crippen molar-refractivity contribution in [2.24, 2.45) is 10.2 Å². The smallest absolute Gasteiger partial charge is 0.358 e. The van der Waals surface area contributed by atoms with Crippen molar-refractivity contribution in [1.82, 2.24) is 9.38 Å². The number of carbonyl (C=O) groups is 2. The van der Waals surface area contributed by atoms with Crippen LogP contribution in [0.3, 0.4) is 0 Å². The molecule has 2 heterocycles. The molecule has 0 amide bonds. The number of fused-ring (bicyclic) bond motifs is 1. The molecule has 0 saturated carbocycles. The molecule has 8 nitrogen and oxygen atoms in total. The van der Waals surface area contributed by atoms with Crippen LogP contribution in [-0.4, -0.2) is 33.5 Å². The summed E-state index contributed by atoms with van der Waals surface area (Å²) in [6.07, 6.45) is 1.06. The summed E-state index contributed by atoms with van der Waals surface area (Å²) in [4.78, 5) is 26.8. The third kappa shape index (κ3) is 3.20. The predicted molar refractivity (Wildman–Crippen MR) is 84.1 cm³/mol. The highest BCUT2D eigenvalue weighted by Gasteiger charge is 2.18. The van der Waals surface area contributed by atoms with E-state index < -0.39 is 17.8 Å². The Morgan fingerprint density at radius 3 is 2.76 bits per heavy atom. The minimum atomic E-state index is -1.32. The number of carboxylic acids is 1. The fourth-order valence-electron chi connectivity index (χ4n) is 2.16. The molecular formula is C16H11FN4O4. The number of ether oxygens (including phenoxy) is 1. The standard InChI is InChI=1S/C16H11FN4O4/c1-25-16(24)9-3-2-4-11(7-9)19-20-14-13(15(22)23)18-12-6-5-10(17)8-21(12)14/h2-8H,1H3,(H,22,23). The second-order valence-corrected chi connectivity index (χ2v) is 4.91. The van der Waals surface area contributed by atoms with Gasteiger partial charge in [-0.3, -0.25) is 4.40 Å². The van der Waals surface area contributed by atoms with E-state index in [1.807, 2.05) is 0 Å². The van der Waals surface area contributed by atoms with Gasteiger partial charge in [-0.2, -0.15) is 0 Å². The van der Waals surface area contributed by atoms with Crippen LogP contribution < -0.4 is 0 Å². The van der Waals surface area contributed by atoms with E-state index in [2.05, 4.69) is 19.9 Å².